The molecule has 12 heteroatoms. The Morgan fingerprint density at radius 1 is 0.981 bits per heavy atom. The molecule has 0 bridgehead atoms. The molecule has 54 heavy (non-hydrogen) atoms. The molecule has 1 aromatic heterocycles. The van der Waals surface area contributed by atoms with Crippen molar-refractivity contribution >= 4 is 29.2 Å². The monoisotopic (exact) mass is 756 g/mol. The number of nitrogens with zero attached hydrogens (tertiary/aromatic N) is 3. The molecule has 3 aromatic carbocycles. The number of amides is 3. The van der Waals surface area contributed by atoms with Gasteiger partial charge in [0, 0.05) is 28.7 Å². The lowest BCUT2D eigenvalue weighted by Crippen LogP contribution is -2.54. The summed E-state index contributed by atoms with van der Waals surface area (Å²) in [6.07, 6.45) is -0.113. The SMILES string of the molecule is Cc1csc([C@H]2CCCN2C(=O)c2cc(CF)cc(C(=O)NC(Cc3ccccc3)[C@H](O)[C@@H]3C[C@@H](OCc4ccccc4)CN3C(=O)OC(C)(C)C)c2)n1. The Labute approximate surface area is 320 Å². The Balaban J connectivity index is 1.26. The maximum atomic E-state index is 14.3. The Bertz CT molecular complexity index is 1900. The van der Waals surface area contributed by atoms with Crippen molar-refractivity contribution in [3.8, 4) is 0 Å². The number of rotatable bonds is 12. The number of halogens is 1. The highest BCUT2D eigenvalue weighted by atomic mass is 32.1. The van der Waals surface area contributed by atoms with Gasteiger partial charge in [0.15, 0.2) is 0 Å². The van der Waals surface area contributed by atoms with Crippen molar-refractivity contribution in [1.29, 1.82) is 0 Å². The molecule has 0 radical (unpaired) electrons. The first-order valence-electron chi connectivity index (χ1n) is 18.5. The Morgan fingerprint density at radius 3 is 2.31 bits per heavy atom. The van der Waals surface area contributed by atoms with Gasteiger partial charge in [-0.1, -0.05) is 60.7 Å². The van der Waals surface area contributed by atoms with Crippen LogP contribution in [0.1, 0.15) is 94.2 Å². The number of thiazole rings is 1. The molecule has 0 spiro atoms. The van der Waals surface area contributed by atoms with Crippen LogP contribution < -0.4 is 5.32 Å². The minimum absolute atomic E-state index is 0.0964. The van der Waals surface area contributed by atoms with Crippen molar-refractivity contribution in [2.24, 2.45) is 0 Å². The average Bonchev–Trinajstić information content (AvgIpc) is 3.93. The van der Waals surface area contributed by atoms with Gasteiger partial charge in [0.25, 0.3) is 11.8 Å². The molecule has 6 rings (SSSR count). The molecule has 2 saturated heterocycles. The van der Waals surface area contributed by atoms with Gasteiger partial charge in [-0.15, -0.1) is 11.3 Å². The largest absolute Gasteiger partial charge is 0.444 e. The van der Waals surface area contributed by atoms with E-state index in [0.29, 0.717) is 19.6 Å². The Hall–Kier alpha value is -4.65. The number of alkyl halides is 1. The van der Waals surface area contributed by atoms with Gasteiger partial charge in [-0.2, -0.15) is 0 Å². The van der Waals surface area contributed by atoms with Crippen molar-refractivity contribution in [3.63, 3.8) is 0 Å². The third-order valence-electron chi connectivity index (χ3n) is 9.77. The smallest absolute Gasteiger partial charge is 0.410 e. The lowest BCUT2D eigenvalue weighted by atomic mass is 9.94. The molecular weight excluding hydrogens is 708 g/mol. The maximum absolute atomic E-state index is 14.3. The van der Waals surface area contributed by atoms with Gasteiger partial charge in [0.2, 0.25) is 0 Å². The number of hydrogen-bond donors (Lipinski definition) is 2. The fourth-order valence-corrected chi connectivity index (χ4v) is 8.16. The molecule has 1 unspecified atom stereocenters. The number of hydrogen-bond acceptors (Lipinski definition) is 8. The molecule has 0 aliphatic carbocycles. The predicted octanol–water partition coefficient (Wildman–Crippen LogP) is 7.20. The van der Waals surface area contributed by atoms with Crippen molar-refractivity contribution in [2.75, 3.05) is 13.1 Å². The van der Waals surface area contributed by atoms with Crippen LogP contribution in [-0.2, 0) is 29.2 Å². The zero-order valence-electron chi connectivity index (χ0n) is 31.2. The number of aromatic nitrogens is 1. The predicted molar refractivity (Wildman–Crippen MR) is 205 cm³/mol. The molecule has 286 valence electrons. The number of carbonyl (C=O) groups is 3. The number of carbonyl (C=O) groups excluding carboxylic acids is 3. The van der Waals surface area contributed by atoms with E-state index in [2.05, 4.69) is 10.3 Å². The number of aryl methyl sites for hydroxylation is 1. The number of likely N-dealkylation sites (tertiary alicyclic amines) is 2. The van der Waals surface area contributed by atoms with Crippen LogP contribution in [0.25, 0.3) is 0 Å². The normalized spacial score (nSPS) is 19.8. The topological polar surface area (TPSA) is 121 Å². The third-order valence-corrected chi connectivity index (χ3v) is 10.8. The zero-order valence-corrected chi connectivity index (χ0v) is 32.1. The summed E-state index contributed by atoms with van der Waals surface area (Å²) in [5, 5.41) is 18.0. The highest BCUT2D eigenvalue weighted by Crippen LogP contribution is 2.35. The molecule has 2 aliphatic heterocycles. The summed E-state index contributed by atoms with van der Waals surface area (Å²) < 4.78 is 26.3. The lowest BCUT2D eigenvalue weighted by molar-refractivity contribution is -0.00248. The molecule has 4 aromatic rings. The second-order valence-electron chi connectivity index (χ2n) is 15.2. The standard InChI is InChI=1S/C42H49FN4O6S/c1-27-26-54-39(44-27)35-16-11-17-46(35)40(50)32-19-30(23-43)18-31(21-32)38(49)45-34(20-28-12-7-5-8-13-28)37(48)36-22-33(52-25-29-14-9-6-10-15-29)24-47(36)41(51)53-42(2,3)4/h5-10,12-15,18-19,21,26,33-37,48H,11,16-17,20,22-25H2,1-4H3,(H,45,49)/t33-,34?,35-,36+,37+/m1/s1. The fraction of sp³-hybridized carbons (Fsp3) is 0.429. The van der Waals surface area contributed by atoms with Gasteiger partial charge in [0.1, 0.15) is 17.3 Å². The summed E-state index contributed by atoms with van der Waals surface area (Å²) >= 11 is 1.51. The van der Waals surface area contributed by atoms with Crippen LogP contribution in [0.5, 0.6) is 0 Å². The van der Waals surface area contributed by atoms with Crippen LogP contribution in [0.3, 0.4) is 0 Å². The number of benzene rings is 3. The molecule has 10 nitrogen and oxygen atoms in total. The van der Waals surface area contributed by atoms with E-state index in [9.17, 15) is 23.9 Å². The maximum Gasteiger partial charge on any atom is 0.410 e. The van der Waals surface area contributed by atoms with Crippen LogP contribution in [0.15, 0.2) is 84.2 Å². The molecule has 2 N–H and O–H groups in total. The van der Waals surface area contributed by atoms with Crippen molar-refractivity contribution in [3.05, 3.63) is 123 Å². The van der Waals surface area contributed by atoms with E-state index in [-0.39, 0.29) is 41.6 Å². The van der Waals surface area contributed by atoms with Crippen molar-refractivity contribution < 1.29 is 33.4 Å². The van der Waals surface area contributed by atoms with Crippen molar-refractivity contribution in [1.82, 2.24) is 20.1 Å². The summed E-state index contributed by atoms with van der Waals surface area (Å²) in [7, 11) is 0. The number of nitrogens with one attached hydrogen (secondary N) is 1. The Kier molecular flexibility index (Phi) is 12.5. The van der Waals surface area contributed by atoms with E-state index in [1.807, 2.05) is 73.0 Å². The summed E-state index contributed by atoms with van der Waals surface area (Å²) in [6.45, 7) is 7.43. The average molecular weight is 757 g/mol. The van der Waals surface area contributed by atoms with Gasteiger partial charge >= 0.3 is 6.09 Å². The second-order valence-corrected chi connectivity index (χ2v) is 16.0. The van der Waals surface area contributed by atoms with Gasteiger partial charge in [-0.3, -0.25) is 14.5 Å². The summed E-state index contributed by atoms with van der Waals surface area (Å²) in [6, 6.07) is 21.7. The van der Waals surface area contributed by atoms with Crippen LogP contribution in [-0.4, -0.2) is 80.8 Å². The summed E-state index contributed by atoms with van der Waals surface area (Å²) in [4.78, 5) is 49.5. The van der Waals surface area contributed by atoms with E-state index in [1.54, 1.807) is 25.7 Å². The highest BCUT2D eigenvalue weighted by molar-refractivity contribution is 7.09. The second kappa shape index (κ2) is 17.2. The molecule has 2 aliphatic rings. The minimum atomic E-state index is -1.25. The van der Waals surface area contributed by atoms with Gasteiger partial charge in [0.05, 0.1) is 43.5 Å². The van der Waals surface area contributed by atoms with Crippen LogP contribution in [0.4, 0.5) is 9.18 Å². The first-order valence-corrected chi connectivity index (χ1v) is 19.4. The first-order chi connectivity index (χ1) is 25.9. The van der Waals surface area contributed by atoms with Gasteiger partial charge in [-0.25, -0.2) is 14.2 Å². The third kappa shape index (κ3) is 9.71. The van der Waals surface area contributed by atoms with E-state index >= 15 is 0 Å². The molecule has 3 amide bonds. The molecule has 0 saturated carbocycles. The number of aliphatic hydroxyl groups is 1. The molecule has 3 heterocycles. The summed E-state index contributed by atoms with van der Waals surface area (Å²) in [5.74, 6) is -0.873. The Morgan fingerprint density at radius 2 is 1.67 bits per heavy atom. The first kappa shape index (κ1) is 39.1. The van der Waals surface area contributed by atoms with Gasteiger partial charge in [-0.05, 0) is 88.3 Å². The molecule has 5 atom stereocenters. The minimum Gasteiger partial charge on any atom is -0.444 e. The van der Waals surface area contributed by atoms with E-state index in [0.717, 1.165) is 34.7 Å². The van der Waals surface area contributed by atoms with Crippen LogP contribution in [0.2, 0.25) is 0 Å². The van der Waals surface area contributed by atoms with Crippen LogP contribution >= 0.6 is 11.3 Å². The van der Waals surface area contributed by atoms with Crippen molar-refractivity contribution in [2.45, 2.75) is 103 Å². The lowest BCUT2D eigenvalue weighted by Gasteiger charge is -2.34. The van der Waals surface area contributed by atoms with Gasteiger partial charge < -0.3 is 24.8 Å². The number of aliphatic hydroxyl groups excluding tert-OH is 1. The molecule has 2 fully saturated rings. The van der Waals surface area contributed by atoms with Crippen LogP contribution in [0, 0.1) is 6.92 Å². The zero-order chi connectivity index (χ0) is 38.4. The number of ether oxygens (including phenoxy) is 2. The highest BCUT2D eigenvalue weighted by Gasteiger charge is 2.44. The van der Waals surface area contributed by atoms with E-state index < -0.39 is 48.6 Å². The fourth-order valence-electron chi connectivity index (χ4n) is 7.22. The quantitative estimate of drug-likeness (QED) is 0.157. The van der Waals surface area contributed by atoms with E-state index in [4.69, 9.17) is 9.47 Å². The van der Waals surface area contributed by atoms with E-state index in [1.165, 1.54) is 34.4 Å². The summed E-state index contributed by atoms with van der Waals surface area (Å²) in [5.41, 5.74) is 2.44. The molecular formula is C42H49FN4O6S.